The van der Waals surface area contributed by atoms with Gasteiger partial charge in [0.1, 0.15) is 0 Å². The molecule has 3 rings (SSSR count). The summed E-state index contributed by atoms with van der Waals surface area (Å²) in [5, 5.41) is 2.61. The second kappa shape index (κ2) is 4.31. The van der Waals surface area contributed by atoms with Gasteiger partial charge in [-0.15, -0.1) is 0 Å². The van der Waals surface area contributed by atoms with E-state index in [2.05, 4.69) is 59.7 Å². The highest BCUT2D eigenvalue weighted by Gasteiger charge is 2.12. The molecule has 0 fully saturated rings. The molecule has 0 amide bonds. The third-order valence-corrected chi connectivity index (χ3v) is 4.63. The van der Waals surface area contributed by atoms with Gasteiger partial charge in [0.25, 0.3) is 0 Å². The summed E-state index contributed by atoms with van der Waals surface area (Å²) in [6.07, 6.45) is 0. The van der Waals surface area contributed by atoms with Crippen molar-refractivity contribution in [3.05, 3.63) is 51.6 Å². The molecule has 0 aliphatic carbocycles. The largest absolute Gasteiger partial charge is 0.247 e. The van der Waals surface area contributed by atoms with Gasteiger partial charge in [-0.3, -0.25) is 0 Å². The molecule has 0 spiro atoms. The predicted molar refractivity (Wildman–Crippen MR) is 87.7 cm³/mol. The standard InChI is InChI=1S/C19H21N/c1-10-8-16-15(6)18-13(4)7-12(3)14(5)19(18)20-17(16)9-11(10)2/h7-9H,1-6H3. The molecule has 0 N–H and O–H groups in total. The molecule has 2 aromatic carbocycles. The smallest absolute Gasteiger partial charge is 0.0746 e. The number of rotatable bonds is 0. The predicted octanol–water partition coefficient (Wildman–Crippen LogP) is 5.24. The molecule has 20 heavy (non-hydrogen) atoms. The number of pyridine rings is 1. The van der Waals surface area contributed by atoms with Gasteiger partial charge >= 0.3 is 0 Å². The molecule has 0 saturated heterocycles. The third-order valence-electron chi connectivity index (χ3n) is 4.63. The molecule has 3 aromatic rings. The van der Waals surface area contributed by atoms with Crippen LogP contribution in [-0.2, 0) is 0 Å². The molecule has 1 heterocycles. The summed E-state index contributed by atoms with van der Waals surface area (Å²) in [6, 6.07) is 6.77. The van der Waals surface area contributed by atoms with Crippen LogP contribution < -0.4 is 0 Å². The Hall–Kier alpha value is -1.89. The van der Waals surface area contributed by atoms with Gasteiger partial charge in [-0.2, -0.15) is 0 Å². The summed E-state index contributed by atoms with van der Waals surface area (Å²) >= 11 is 0. The van der Waals surface area contributed by atoms with E-state index in [1.807, 2.05) is 0 Å². The zero-order valence-electron chi connectivity index (χ0n) is 13.2. The highest BCUT2D eigenvalue weighted by molar-refractivity contribution is 6.00. The number of fused-ring (bicyclic) bond motifs is 2. The minimum atomic E-state index is 1.12. The van der Waals surface area contributed by atoms with Crippen molar-refractivity contribution in [1.82, 2.24) is 4.98 Å². The molecule has 0 aliphatic rings. The molecule has 102 valence electrons. The van der Waals surface area contributed by atoms with E-state index in [-0.39, 0.29) is 0 Å². The minimum absolute atomic E-state index is 1.12. The molecule has 1 nitrogen and oxygen atoms in total. The first-order valence-corrected chi connectivity index (χ1v) is 7.18. The van der Waals surface area contributed by atoms with Crippen molar-refractivity contribution in [3.63, 3.8) is 0 Å². The van der Waals surface area contributed by atoms with E-state index >= 15 is 0 Å². The summed E-state index contributed by atoms with van der Waals surface area (Å²) in [5.41, 5.74) is 10.2. The Morgan fingerprint density at radius 1 is 0.650 bits per heavy atom. The van der Waals surface area contributed by atoms with Crippen molar-refractivity contribution in [2.24, 2.45) is 0 Å². The van der Waals surface area contributed by atoms with Gasteiger partial charge in [-0.25, -0.2) is 4.98 Å². The van der Waals surface area contributed by atoms with Gasteiger partial charge in [0.2, 0.25) is 0 Å². The summed E-state index contributed by atoms with van der Waals surface area (Å²) in [5.74, 6) is 0. The van der Waals surface area contributed by atoms with E-state index in [0.717, 1.165) is 11.0 Å². The number of aryl methyl sites for hydroxylation is 6. The van der Waals surface area contributed by atoms with Crippen molar-refractivity contribution in [2.45, 2.75) is 41.5 Å². The van der Waals surface area contributed by atoms with E-state index in [9.17, 15) is 0 Å². The molecule has 0 saturated carbocycles. The summed E-state index contributed by atoms with van der Waals surface area (Å²) < 4.78 is 0. The molecule has 0 atom stereocenters. The molecule has 0 radical (unpaired) electrons. The minimum Gasteiger partial charge on any atom is -0.247 e. The van der Waals surface area contributed by atoms with Crippen molar-refractivity contribution in [2.75, 3.05) is 0 Å². The van der Waals surface area contributed by atoms with Gasteiger partial charge in [0.05, 0.1) is 11.0 Å². The van der Waals surface area contributed by atoms with Gasteiger partial charge < -0.3 is 0 Å². The van der Waals surface area contributed by atoms with Crippen molar-refractivity contribution in [3.8, 4) is 0 Å². The number of hydrogen-bond acceptors (Lipinski definition) is 1. The van der Waals surface area contributed by atoms with Crippen LogP contribution in [0.5, 0.6) is 0 Å². The van der Waals surface area contributed by atoms with Gasteiger partial charge in [-0.05, 0) is 87.1 Å². The lowest BCUT2D eigenvalue weighted by molar-refractivity contribution is 1.29. The molecular formula is C19H21N. The molecule has 1 heteroatoms. The Morgan fingerprint density at radius 3 is 2.00 bits per heavy atom. The maximum Gasteiger partial charge on any atom is 0.0746 e. The quantitative estimate of drug-likeness (QED) is 0.505. The van der Waals surface area contributed by atoms with Gasteiger partial charge in [0.15, 0.2) is 0 Å². The van der Waals surface area contributed by atoms with Crippen LogP contribution in [0.15, 0.2) is 18.2 Å². The van der Waals surface area contributed by atoms with Crippen LogP contribution in [-0.4, -0.2) is 4.98 Å². The second-order valence-corrected chi connectivity index (χ2v) is 6.05. The fraction of sp³-hybridized carbons (Fsp3) is 0.316. The number of nitrogens with zero attached hydrogens (tertiary/aromatic N) is 1. The topological polar surface area (TPSA) is 12.9 Å². The van der Waals surface area contributed by atoms with Crippen molar-refractivity contribution >= 4 is 21.8 Å². The number of benzene rings is 2. The van der Waals surface area contributed by atoms with Crippen LogP contribution >= 0.6 is 0 Å². The zero-order valence-corrected chi connectivity index (χ0v) is 13.2. The van der Waals surface area contributed by atoms with E-state index in [4.69, 9.17) is 4.98 Å². The van der Waals surface area contributed by atoms with E-state index in [0.29, 0.717) is 0 Å². The lowest BCUT2D eigenvalue weighted by Gasteiger charge is -2.14. The maximum atomic E-state index is 4.96. The van der Waals surface area contributed by atoms with Crippen LogP contribution in [0.2, 0.25) is 0 Å². The van der Waals surface area contributed by atoms with Crippen LogP contribution in [0, 0.1) is 41.5 Å². The summed E-state index contributed by atoms with van der Waals surface area (Å²) in [4.78, 5) is 4.96. The molecular weight excluding hydrogens is 242 g/mol. The summed E-state index contributed by atoms with van der Waals surface area (Å²) in [6.45, 7) is 13.1. The Bertz CT molecular complexity index is 857. The lowest BCUT2D eigenvalue weighted by atomic mass is 9.94. The first-order valence-electron chi connectivity index (χ1n) is 7.18. The SMILES string of the molecule is Cc1cc2nc3c(C)c(C)cc(C)c3c(C)c2cc1C. The molecule has 0 bridgehead atoms. The summed E-state index contributed by atoms with van der Waals surface area (Å²) in [7, 11) is 0. The Labute approximate surface area is 120 Å². The average molecular weight is 263 g/mol. The van der Waals surface area contributed by atoms with Crippen molar-refractivity contribution < 1.29 is 0 Å². The van der Waals surface area contributed by atoms with E-state index < -0.39 is 0 Å². The van der Waals surface area contributed by atoms with Gasteiger partial charge in [-0.1, -0.05) is 6.07 Å². The Kier molecular flexibility index (Phi) is 2.82. The second-order valence-electron chi connectivity index (χ2n) is 6.05. The maximum absolute atomic E-state index is 4.96. The normalized spacial score (nSPS) is 11.5. The molecule has 0 unspecified atom stereocenters. The van der Waals surface area contributed by atoms with Crippen LogP contribution in [0.3, 0.4) is 0 Å². The fourth-order valence-electron chi connectivity index (χ4n) is 3.13. The fourth-order valence-corrected chi connectivity index (χ4v) is 3.13. The zero-order chi connectivity index (χ0) is 14.6. The van der Waals surface area contributed by atoms with Crippen molar-refractivity contribution in [1.29, 1.82) is 0 Å². The first-order chi connectivity index (χ1) is 9.40. The monoisotopic (exact) mass is 263 g/mol. The first kappa shape index (κ1) is 13.1. The third kappa shape index (κ3) is 1.73. The number of aromatic nitrogens is 1. The van der Waals surface area contributed by atoms with Crippen LogP contribution in [0.25, 0.3) is 21.8 Å². The molecule has 1 aromatic heterocycles. The van der Waals surface area contributed by atoms with E-state index in [1.165, 1.54) is 44.2 Å². The van der Waals surface area contributed by atoms with Gasteiger partial charge in [0, 0.05) is 10.8 Å². The lowest BCUT2D eigenvalue weighted by Crippen LogP contribution is -1.96. The highest BCUT2D eigenvalue weighted by Crippen LogP contribution is 2.32. The average Bonchev–Trinajstić information content (AvgIpc) is 2.38. The van der Waals surface area contributed by atoms with E-state index in [1.54, 1.807) is 0 Å². The Morgan fingerprint density at radius 2 is 1.30 bits per heavy atom. The number of hydrogen-bond donors (Lipinski definition) is 0. The Balaban J connectivity index is 2.60. The van der Waals surface area contributed by atoms with Crippen LogP contribution in [0.1, 0.15) is 33.4 Å². The van der Waals surface area contributed by atoms with Crippen LogP contribution in [0.4, 0.5) is 0 Å². The molecule has 0 aliphatic heterocycles. The highest BCUT2D eigenvalue weighted by atomic mass is 14.7.